The predicted octanol–water partition coefficient (Wildman–Crippen LogP) is 5.46. The number of carbonyl (C=O) groups excluding carboxylic acids is 1. The molecule has 0 radical (unpaired) electrons. The van der Waals surface area contributed by atoms with E-state index in [2.05, 4.69) is 15.5 Å². The van der Waals surface area contributed by atoms with E-state index in [1.165, 1.54) is 11.8 Å². The molecule has 0 aliphatic heterocycles. The quantitative estimate of drug-likeness (QED) is 0.308. The second-order valence-electron chi connectivity index (χ2n) is 7.20. The fourth-order valence-electron chi connectivity index (χ4n) is 3.41. The number of benzene rings is 3. The van der Waals surface area contributed by atoms with E-state index in [1.807, 2.05) is 85.1 Å². The number of aromatic nitrogens is 3. The zero-order chi connectivity index (χ0) is 23.8. The zero-order valence-corrected chi connectivity index (χ0v) is 19.9. The first-order valence-electron chi connectivity index (χ1n) is 11.1. The first-order valence-corrected chi connectivity index (χ1v) is 12.1. The fraction of sp³-hybridized carbons (Fsp3) is 0.192. The maximum atomic E-state index is 12.9. The van der Waals surface area contributed by atoms with Crippen molar-refractivity contribution in [3.05, 3.63) is 78.9 Å². The number of nitrogens with zero attached hydrogens (tertiary/aromatic N) is 3. The maximum absolute atomic E-state index is 12.9. The number of nitrogens with one attached hydrogen (secondary N) is 1. The Morgan fingerprint density at radius 3 is 2.32 bits per heavy atom. The van der Waals surface area contributed by atoms with Gasteiger partial charge in [0.1, 0.15) is 11.5 Å². The van der Waals surface area contributed by atoms with Gasteiger partial charge in [-0.15, -0.1) is 10.2 Å². The Bertz CT molecular complexity index is 1230. The standard InChI is InChI=1S/C26H26N4O3S/c1-3-32-21-15-16-23(33-4-2)22(17-21)27-24(31)18-34-26-29-28-25(19-11-7-5-8-12-19)30(26)20-13-9-6-10-14-20/h5-17H,3-4,18H2,1-2H3,(H,27,31). The summed E-state index contributed by atoms with van der Waals surface area (Å²) in [5.74, 6) is 1.97. The van der Waals surface area contributed by atoms with Gasteiger partial charge in [-0.2, -0.15) is 0 Å². The minimum Gasteiger partial charge on any atom is -0.494 e. The molecule has 1 N–H and O–H groups in total. The van der Waals surface area contributed by atoms with E-state index in [1.54, 1.807) is 12.1 Å². The van der Waals surface area contributed by atoms with Gasteiger partial charge in [0.2, 0.25) is 5.91 Å². The molecule has 4 aromatic rings. The van der Waals surface area contributed by atoms with Crippen LogP contribution in [-0.4, -0.2) is 39.6 Å². The van der Waals surface area contributed by atoms with Gasteiger partial charge in [0.15, 0.2) is 11.0 Å². The van der Waals surface area contributed by atoms with Crippen LogP contribution in [0, 0.1) is 0 Å². The number of hydrogen-bond donors (Lipinski definition) is 1. The average molecular weight is 475 g/mol. The Kier molecular flexibility index (Phi) is 7.83. The van der Waals surface area contributed by atoms with E-state index >= 15 is 0 Å². The van der Waals surface area contributed by atoms with Gasteiger partial charge in [-0.3, -0.25) is 9.36 Å². The Labute approximate surface area is 203 Å². The Balaban J connectivity index is 1.55. The number of thioether (sulfide) groups is 1. The van der Waals surface area contributed by atoms with E-state index in [4.69, 9.17) is 9.47 Å². The van der Waals surface area contributed by atoms with Gasteiger partial charge in [0, 0.05) is 17.3 Å². The molecular formula is C26H26N4O3S. The number of amides is 1. The summed E-state index contributed by atoms with van der Waals surface area (Å²) in [5.41, 5.74) is 2.45. The van der Waals surface area contributed by atoms with Crippen LogP contribution in [-0.2, 0) is 4.79 Å². The molecule has 0 unspecified atom stereocenters. The van der Waals surface area contributed by atoms with Crippen LogP contribution >= 0.6 is 11.8 Å². The summed E-state index contributed by atoms with van der Waals surface area (Å²) in [6.45, 7) is 4.85. The lowest BCUT2D eigenvalue weighted by molar-refractivity contribution is -0.113. The highest BCUT2D eigenvalue weighted by atomic mass is 32.2. The molecule has 34 heavy (non-hydrogen) atoms. The fourth-order valence-corrected chi connectivity index (χ4v) is 4.16. The molecule has 8 heteroatoms. The van der Waals surface area contributed by atoms with Crippen molar-refractivity contribution in [3.63, 3.8) is 0 Å². The summed E-state index contributed by atoms with van der Waals surface area (Å²) in [7, 11) is 0. The van der Waals surface area contributed by atoms with Gasteiger partial charge in [0.25, 0.3) is 0 Å². The zero-order valence-electron chi connectivity index (χ0n) is 19.1. The molecule has 4 rings (SSSR count). The van der Waals surface area contributed by atoms with E-state index in [0.29, 0.717) is 35.6 Å². The minimum absolute atomic E-state index is 0.157. The smallest absolute Gasteiger partial charge is 0.234 e. The predicted molar refractivity (Wildman–Crippen MR) is 135 cm³/mol. The van der Waals surface area contributed by atoms with E-state index in [0.717, 1.165) is 17.1 Å². The monoisotopic (exact) mass is 474 g/mol. The molecule has 0 spiro atoms. The van der Waals surface area contributed by atoms with Crippen molar-refractivity contribution in [1.29, 1.82) is 0 Å². The number of para-hydroxylation sites is 1. The number of hydrogen-bond acceptors (Lipinski definition) is 6. The molecule has 0 aliphatic carbocycles. The molecule has 0 fully saturated rings. The van der Waals surface area contributed by atoms with Crippen molar-refractivity contribution in [3.8, 4) is 28.6 Å². The molecule has 7 nitrogen and oxygen atoms in total. The van der Waals surface area contributed by atoms with E-state index in [9.17, 15) is 4.79 Å². The molecule has 0 saturated heterocycles. The van der Waals surface area contributed by atoms with Gasteiger partial charge in [-0.05, 0) is 38.1 Å². The first kappa shape index (κ1) is 23.4. The van der Waals surface area contributed by atoms with Crippen LogP contribution in [0.5, 0.6) is 11.5 Å². The summed E-state index contributed by atoms with van der Waals surface area (Å²) in [6.07, 6.45) is 0. The van der Waals surface area contributed by atoms with Gasteiger partial charge in [0.05, 0.1) is 24.7 Å². The number of carbonyl (C=O) groups is 1. The lowest BCUT2D eigenvalue weighted by Gasteiger charge is -2.14. The van der Waals surface area contributed by atoms with E-state index < -0.39 is 0 Å². The number of rotatable bonds is 10. The Hall–Kier alpha value is -3.78. The van der Waals surface area contributed by atoms with Gasteiger partial charge in [-0.25, -0.2) is 0 Å². The molecule has 0 saturated carbocycles. The SMILES string of the molecule is CCOc1ccc(OCC)c(NC(=O)CSc2nnc(-c3ccccc3)n2-c2ccccc2)c1. The van der Waals surface area contributed by atoms with Gasteiger partial charge >= 0.3 is 0 Å². The molecule has 174 valence electrons. The highest BCUT2D eigenvalue weighted by Gasteiger charge is 2.18. The maximum Gasteiger partial charge on any atom is 0.234 e. The number of ether oxygens (including phenoxy) is 2. The van der Waals surface area contributed by atoms with Crippen molar-refractivity contribution in [1.82, 2.24) is 14.8 Å². The lowest BCUT2D eigenvalue weighted by atomic mass is 10.2. The Morgan fingerprint density at radius 2 is 1.62 bits per heavy atom. The van der Waals surface area contributed by atoms with Crippen molar-refractivity contribution in [2.75, 3.05) is 24.3 Å². The third kappa shape index (κ3) is 5.58. The van der Waals surface area contributed by atoms with E-state index in [-0.39, 0.29) is 11.7 Å². The normalized spacial score (nSPS) is 10.6. The summed E-state index contributed by atoms with van der Waals surface area (Å²) in [6, 6.07) is 25.2. The Morgan fingerprint density at radius 1 is 0.912 bits per heavy atom. The van der Waals surface area contributed by atoms with Crippen LogP contribution in [0.25, 0.3) is 17.1 Å². The minimum atomic E-state index is -0.177. The summed E-state index contributed by atoms with van der Waals surface area (Å²) >= 11 is 1.32. The van der Waals surface area contributed by atoms with Crippen molar-refractivity contribution in [2.45, 2.75) is 19.0 Å². The molecular weight excluding hydrogens is 448 g/mol. The van der Waals surface area contributed by atoms with Crippen molar-refractivity contribution >= 4 is 23.4 Å². The largest absolute Gasteiger partial charge is 0.494 e. The molecule has 0 atom stereocenters. The molecule has 0 aliphatic rings. The summed E-state index contributed by atoms with van der Waals surface area (Å²) in [5, 5.41) is 12.4. The summed E-state index contributed by atoms with van der Waals surface area (Å²) in [4.78, 5) is 12.9. The lowest BCUT2D eigenvalue weighted by Crippen LogP contribution is -2.15. The van der Waals surface area contributed by atoms with Crippen LogP contribution in [0.4, 0.5) is 5.69 Å². The van der Waals surface area contributed by atoms with Crippen LogP contribution < -0.4 is 14.8 Å². The second-order valence-corrected chi connectivity index (χ2v) is 8.15. The number of anilines is 1. The van der Waals surface area contributed by atoms with Crippen LogP contribution in [0.15, 0.2) is 84.0 Å². The summed E-state index contributed by atoms with van der Waals surface area (Å²) < 4.78 is 13.2. The first-order chi connectivity index (χ1) is 16.7. The van der Waals surface area contributed by atoms with Crippen LogP contribution in [0.2, 0.25) is 0 Å². The molecule has 3 aromatic carbocycles. The molecule has 1 aromatic heterocycles. The van der Waals surface area contributed by atoms with Crippen molar-refractivity contribution < 1.29 is 14.3 Å². The van der Waals surface area contributed by atoms with Crippen LogP contribution in [0.1, 0.15) is 13.8 Å². The van der Waals surface area contributed by atoms with Gasteiger partial charge in [-0.1, -0.05) is 60.3 Å². The van der Waals surface area contributed by atoms with Crippen LogP contribution in [0.3, 0.4) is 0 Å². The second kappa shape index (κ2) is 11.4. The highest BCUT2D eigenvalue weighted by Crippen LogP contribution is 2.31. The molecule has 1 amide bonds. The average Bonchev–Trinajstić information content (AvgIpc) is 3.30. The van der Waals surface area contributed by atoms with Crippen molar-refractivity contribution in [2.24, 2.45) is 0 Å². The van der Waals surface area contributed by atoms with Gasteiger partial charge < -0.3 is 14.8 Å². The molecule has 0 bridgehead atoms. The molecule has 1 heterocycles. The third-order valence-electron chi connectivity index (χ3n) is 4.85. The third-order valence-corrected chi connectivity index (χ3v) is 5.78. The topological polar surface area (TPSA) is 78.3 Å². The highest BCUT2D eigenvalue weighted by molar-refractivity contribution is 7.99.